The number of ether oxygens (including phenoxy) is 1. The third-order valence-electron chi connectivity index (χ3n) is 2.83. The smallest absolute Gasteiger partial charge is 0.0730 e. The van der Waals surface area contributed by atoms with E-state index in [1.807, 2.05) is 0 Å². The van der Waals surface area contributed by atoms with Crippen LogP contribution in [0.5, 0.6) is 0 Å². The third kappa shape index (κ3) is 3.03. The van der Waals surface area contributed by atoms with Gasteiger partial charge >= 0.3 is 0 Å². The van der Waals surface area contributed by atoms with Crippen LogP contribution in [0.15, 0.2) is 28.7 Å². The number of hydrogen-bond donors (Lipinski definition) is 1. The van der Waals surface area contributed by atoms with E-state index in [0.29, 0.717) is 0 Å². The molecular weight excluding hydrogens is 254 g/mol. The standard InChI is InChI=1S/C12H16BrNO/c13-10-5-3-9(4-6-10)8-11(14)12-2-1-7-15-12/h3-6,11-12H,1-2,7-8,14H2. The Bertz CT molecular complexity index is 306. The van der Waals surface area contributed by atoms with Gasteiger partial charge in [-0.1, -0.05) is 28.1 Å². The maximum Gasteiger partial charge on any atom is 0.0730 e. The Labute approximate surface area is 98.9 Å². The van der Waals surface area contributed by atoms with Crippen molar-refractivity contribution >= 4 is 15.9 Å². The van der Waals surface area contributed by atoms with Gasteiger partial charge in [-0.3, -0.25) is 0 Å². The minimum atomic E-state index is 0.133. The Morgan fingerprint density at radius 1 is 1.40 bits per heavy atom. The lowest BCUT2D eigenvalue weighted by molar-refractivity contribution is 0.0900. The number of halogens is 1. The Hall–Kier alpha value is -0.380. The van der Waals surface area contributed by atoms with Crippen molar-refractivity contribution in [1.82, 2.24) is 0 Å². The third-order valence-corrected chi connectivity index (χ3v) is 3.36. The number of benzene rings is 1. The van der Waals surface area contributed by atoms with E-state index in [2.05, 4.69) is 40.2 Å². The van der Waals surface area contributed by atoms with Crippen molar-refractivity contribution in [2.75, 3.05) is 6.61 Å². The zero-order valence-electron chi connectivity index (χ0n) is 8.66. The molecule has 0 bridgehead atoms. The molecule has 2 unspecified atom stereocenters. The highest BCUT2D eigenvalue weighted by Gasteiger charge is 2.22. The highest BCUT2D eigenvalue weighted by molar-refractivity contribution is 9.10. The van der Waals surface area contributed by atoms with E-state index in [0.717, 1.165) is 30.3 Å². The van der Waals surface area contributed by atoms with E-state index in [1.54, 1.807) is 0 Å². The molecule has 0 aliphatic carbocycles. The first-order chi connectivity index (χ1) is 7.25. The molecule has 2 N–H and O–H groups in total. The number of hydrogen-bond acceptors (Lipinski definition) is 2. The summed E-state index contributed by atoms with van der Waals surface area (Å²) in [5.41, 5.74) is 7.39. The van der Waals surface area contributed by atoms with Gasteiger partial charge in [-0.05, 0) is 37.0 Å². The summed E-state index contributed by atoms with van der Waals surface area (Å²) in [4.78, 5) is 0. The summed E-state index contributed by atoms with van der Waals surface area (Å²) in [6.07, 6.45) is 3.42. The summed E-state index contributed by atoms with van der Waals surface area (Å²) in [6.45, 7) is 0.874. The normalized spacial score (nSPS) is 22.9. The zero-order chi connectivity index (χ0) is 10.7. The number of rotatable bonds is 3. The second kappa shape index (κ2) is 5.10. The van der Waals surface area contributed by atoms with Crippen LogP contribution in [0.1, 0.15) is 18.4 Å². The van der Waals surface area contributed by atoms with Crippen molar-refractivity contribution in [1.29, 1.82) is 0 Å². The summed E-state index contributed by atoms with van der Waals surface area (Å²) >= 11 is 3.42. The second-order valence-corrected chi connectivity index (χ2v) is 4.96. The second-order valence-electron chi connectivity index (χ2n) is 4.05. The van der Waals surface area contributed by atoms with Gasteiger partial charge in [0.25, 0.3) is 0 Å². The maximum absolute atomic E-state index is 6.11. The first-order valence-electron chi connectivity index (χ1n) is 5.37. The maximum atomic E-state index is 6.11. The van der Waals surface area contributed by atoms with E-state index in [-0.39, 0.29) is 12.1 Å². The lowest BCUT2D eigenvalue weighted by atomic mass is 10.0. The molecule has 15 heavy (non-hydrogen) atoms. The van der Waals surface area contributed by atoms with Crippen LogP contribution in [-0.2, 0) is 11.2 Å². The lowest BCUT2D eigenvalue weighted by Gasteiger charge is -2.18. The average molecular weight is 270 g/mol. The molecule has 2 rings (SSSR count). The SMILES string of the molecule is NC(Cc1ccc(Br)cc1)C1CCCO1. The van der Waals surface area contributed by atoms with Gasteiger partial charge < -0.3 is 10.5 Å². The summed E-state index contributed by atoms with van der Waals surface area (Å²) in [5.74, 6) is 0. The minimum Gasteiger partial charge on any atom is -0.377 e. The fraction of sp³-hybridized carbons (Fsp3) is 0.500. The van der Waals surface area contributed by atoms with Crippen LogP contribution < -0.4 is 5.73 Å². The predicted octanol–water partition coefficient (Wildman–Crippen LogP) is 2.50. The predicted molar refractivity (Wildman–Crippen MR) is 64.8 cm³/mol. The van der Waals surface area contributed by atoms with Crippen molar-refractivity contribution in [2.45, 2.75) is 31.4 Å². The van der Waals surface area contributed by atoms with Gasteiger partial charge in [-0.15, -0.1) is 0 Å². The Morgan fingerprint density at radius 3 is 2.73 bits per heavy atom. The fourth-order valence-corrected chi connectivity index (χ4v) is 2.23. The van der Waals surface area contributed by atoms with Crippen LogP contribution in [0.25, 0.3) is 0 Å². The van der Waals surface area contributed by atoms with E-state index in [1.165, 1.54) is 5.56 Å². The van der Waals surface area contributed by atoms with E-state index >= 15 is 0 Å². The van der Waals surface area contributed by atoms with Crippen LogP contribution in [-0.4, -0.2) is 18.8 Å². The molecular formula is C12H16BrNO. The van der Waals surface area contributed by atoms with Gasteiger partial charge in [0.2, 0.25) is 0 Å². The van der Waals surface area contributed by atoms with Gasteiger partial charge in [0, 0.05) is 17.1 Å². The molecule has 1 aliphatic rings. The molecule has 0 amide bonds. The summed E-state index contributed by atoms with van der Waals surface area (Å²) in [5, 5.41) is 0. The van der Waals surface area contributed by atoms with Gasteiger partial charge in [0.1, 0.15) is 0 Å². The molecule has 0 saturated carbocycles. The molecule has 0 aromatic heterocycles. The van der Waals surface area contributed by atoms with Crippen molar-refractivity contribution in [3.05, 3.63) is 34.3 Å². The highest BCUT2D eigenvalue weighted by Crippen LogP contribution is 2.18. The van der Waals surface area contributed by atoms with E-state index in [4.69, 9.17) is 10.5 Å². The Morgan fingerprint density at radius 2 is 2.13 bits per heavy atom. The van der Waals surface area contributed by atoms with Gasteiger partial charge in [-0.25, -0.2) is 0 Å². The summed E-state index contributed by atoms with van der Waals surface area (Å²) in [6, 6.07) is 8.46. The Kier molecular flexibility index (Phi) is 3.78. The van der Waals surface area contributed by atoms with E-state index in [9.17, 15) is 0 Å². The topological polar surface area (TPSA) is 35.2 Å². The van der Waals surface area contributed by atoms with E-state index < -0.39 is 0 Å². The molecule has 0 spiro atoms. The molecule has 1 saturated heterocycles. The van der Waals surface area contributed by atoms with Gasteiger partial charge in [0.05, 0.1) is 6.10 Å². The van der Waals surface area contributed by atoms with Gasteiger partial charge in [-0.2, -0.15) is 0 Å². The number of nitrogens with two attached hydrogens (primary N) is 1. The molecule has 1 heterocycles. The monoisotopic (exact) mass is 269 g/mol. The van der Waals surface area contributed by atoms with Crippen LogP contribution in [0.4, 0.5) is 0 Å². The molecule has 1 fully saturated rings. The molecule has 82 valence electrons. The summed E-state index contributed by atoms with van der Waals surface area (Å²) in [7, 11) is 0. The van der Waals surface area contributed by atoms with Crippen LogP contribution in [0, 0.1) is 0 Å². The largest absolute Gasteiger partial charge is 0.377 e. The van der Waals surface area contributed by atoms with Crippen LogP contribution in [0.2, 0.25) is 0 Å². The molecule has 2 atom stereocenters. The first-order valence-corrected chi connectivity index (χ1v) is 6.16. The van der Waals surface area contributed by atoms with Crippen molar-refractivity contribution < 1.29 is 4.74 Å². The Balaban J connectivity index is 1.92. The molecule has 1 aromatic rings. The molecule has 2 nitrogen and oxygen atoms in total. The quantitative estimate of drug-likeness (QED) is 0.915. The van der Waals surface area contributed by atoms with Crippen molar-refractivity contribution in [3.63, 3.8) is 0 Å². The molecule has 0 radical (unpaired) electrons. The highest BCUT2D eigenvalue weighted by atomic mass is 79.9. The molecule has 1 aromatic carbocycles. The van der Waals surface area contributed by atoms with Gasteiger partial charge in [0.15, 0.2) is 0 Å². The fourth-order valence-electron chi connectivity index (χ4n) is 1.96. The van der Waals surface area contributed by atoms with Crippen molar-refractivity contribution in [3.8, 4) is 0 Å². The van der Waals surface area contributed by atoms with Crippen LogP contribution >= 0.6 is 15.9 Å². The lowest BCUT2D eigenvalue weighted by Crippen LogP contribution is -2.36. The molecule has 3 heteroatoms. The van der Waals surface area contributed by atoms with Crippen LogP contribution in [0.3, 0.4) is 0 Å². The summed E-state index contributed by atoms with van der Waals surface area (Å²) < 4.78 is 6.68. The minimum absolute atomic E-state index is 0.133. The molecule has 1 aliphatic heterocycles. The van der Waals surface area contributed by atoms with Crippen molar-refractivity contribution in [2.24, 2.45) is 5.73 Å². The first kappa shape index (κ1) is 11.1. The average Bonchev–Trinajstić information content (AvgIpc) is 2.74. The zero-order valence-corrected chi connectivity index (χ0v) is 10.2.